The van der Waals surface area contributed by atoms with Gasteiger partial charge >= 0.3 is 0 Å². The third-order valence-corrected chi connectivity index (χ3v) is 3.92. The molecule has 1 saturated carbocycles. The maximum Gasteiger partial charge on any atom is 0.0415 e. The van der Waals surface area contributed by atoms with Gasteiger partial charge in [0.05, 0.1) is 0 Å². The van der Waals surface area contributed by atoms with Crippen molar-refractivity contribution in [3.8, 4) is 0 Å². The van der Waals surface area contributed by atoms with E-state index >= 15 is 0 Å². The zero-order valence-corrected chi connectivity index (χ0v) is 9.66. The first-order valence-electron chi connectivity index (χ1n) is 5.98. The van der Waals surface area contributed by atoms with Crippen molar-refractivity contribution in [1.82, 2.24) is 0 Å². The van der Waals surface area contributed by atoms with Gasteiger partial charge in [-0.05, 0) is 48.1 Å². The topological polar surface area (TPSA) is 26.0 Å². The molecule has 0 aromatic heterocycles. The van der Waals surface area contributed by atoms with Gasteiger partial charge in [0, 0.05) is 5.54 Å². The summed E-state index contributed by atoms with van der Waals surface area (Å²) in [4.78, 5) is 0. The summed E-state index contributed by atoms with van der Waals surface area (Å²) in [5.74, 6) is 0. The van der Waals surface area contributed by atoms with Crippen LogP contribution in [0, 0.1) is 6.92 Å². The molecular weight excluding hydrogens is 194 g/mol. The Balaban J connectivity index is 2.29. The summed E-state index contributed by atoms with van der Waals surface area (Å²) in [6.45, 7) is 2.16. The standard InChI is InChI=1S/C15H17N/c1-11-5-2-7-13-12(11)6-3-8-14(13)15(16)9-4-10-15/h2-3,5-8H,4,9-10,16H2,1H3. The van der Waals surface area contributed by atoms with Crippen LogP contribution < -0.4 is 5.73 Å². The molecule has 0 aliphatic heterocycles. The molecule has 2 aromatic carbocycles. The number of aryl methyl sites for hydroxylation is 1. The molecular formula is C15H17N. The quantitative estimate of drug-likeness (QED) is 0.767. The molecule has 1 aliphatic rings. The normalized spacial score (nSPS) is 18.4. The average Bonchev–Trinajstić information content (AvgIpc) is 2.26. The lowest BCUT2D eigenvalue weighted by Crippen LogP contribution is -2.43. The summed E-state index contributed by atoms with van der Waals surface area (Å²) in [6.07, 6.45) is 3.51. The summed E-state index contributed by atoms with van der Waals surface area (Å²) in [5, 5.41) is 2.68. The van der Waals surface area contributed by atoms with E-state index in [0.29, 0.717) is 0 Å². The fraction of sp³-hybridized carbons (Fsp3) is 0.333. The van der Waals surface area contributed by atoms with Crippen LogP contribution in [0.25, 0.3) is 10.8 Å². The van der Waals surface area contributed by atoms with E-state index in [0.717, 1.165) is 12.8 Å². The molecule has 0 unspecified atom stereocenters. The smallest absolute Gasteiger partial charge is 0.0415 e. The maximum absolute atomic E-state index is 6.44. The minimum atomic E-state index is -0.0622. The lowest BCUT2D eigenvalue weighted by atomic mass is 9.71. The van der Waals surface area contributed by atoms with E-state index in [2.05, 4.69) is 43.3 Å². The van der Waals surface area contributed by atoms with E-state index in [1.54, 1.807) is 0 Å². The highest BCUT2D eigenvalue weighted by molar-refractivity contribution is 5.89. The molecule has 2 aromatic rings. The molecule has 82 valence electrons. The first kappa shape index (κ1) is 9.86. The third-order valence-electron chi connectivity index (χ3n) is 3.92. The van der Waals surface area contributed by atoms with Crippen LogP contribution >= 0.6 is 0 Å². The molecule has 0 amide bonds. The van der Waals surface area contributed by atoms with Crippen molar-refractivity contribution in [3.63, 3.8) is 0 Å². The van der Waals surface area contributed by atoms with Crippen LogP contribution in [0.5, 0.6) is 0 Å². The summed E-state index contributed by atoms with van der Waals surface area (Å²) in [7, 11) is 0. The molecule has 1 fully saturated rings. The number of fused-ring (bicyclic) bond motifs is 1. The van der Waals surface area contributed by atoms with Crippen LogP contribution in [0.15, 0.2) is 36.4 Å². The van der Waals surface area contributed by atoms with Crippen molar-refractivity contribution < 1.29 is 0 Å². The average molecular weight is 211 g/mol. The predicted octanol–water partition coefficient (Wildman–Crippen LogP) is 3.49. The van der Waals surface area contributed by atoms with E-state index in [4.69, 9.17) is 5.73 Å². The van der Waals surface area contributed by atoms with Crippen molar-refractivity contribution in [2.24, 2.45) is 5.73 Å². The van der Waals surface area contributed by atoms with Crippen molar-refractivity contribution >= 4 is 10.8 Å². The fourth-order valence-electron chi connectivity index (χ4n) is 2.73. The maximum atomic E-state index is 6.44. The van der Waals surface area contributed by atoms with Crippen LogP contribution in [0.2, 0.25) is 0 Å². The van der Waals surface area contributed by atoms with E-state index in [9.17, 15) is 0 Å². The van der Waals surface area contributed by atoms with Gasteiger partial charge < -0.3 is 5.73 Å². The number of hydrogen-bond acceptors (Lipinski definition) is 1. The molecule has 0 radical (unpaired) electrons. The molecule has 1 aliphatic carbocycles. The Labute approximate surface area is 96.3 Å². The van der Waals surface area contributed by atoms with Gasteiger partial charge in [0.25, 0.3) is 0 Å². The van der Waals surface area contributed by atoms with E-state index in [1.807, 2.05) is 0 Å². The predicted molar refractivity (Wildman–Crippen MR) is 68.4 cm³/mol. The zero-order valence-electron chi connectivity index (χ0n) is 9.66. The van der Waals surface area contributed by atoms with E-state index in [-0.39, 0.29) is 5.54 Å². The molecule has 0 spiro atoms. The molecule has 0 bridgehead atoms. The van der Waals surface area contributed by atoms with Gasteiger partial charge in [0.1, 0.15) is 0 Å². The van der Waals surface area contributed by atoms with Crippen LogP contribution in [0.1, 0.15) is 30.4 Å². The second-order valence-electron chi connectivity index (χ2n) is 4.99. The summed E-state index contributed by atoms with van der Waals surface area (Å²) in [5.41, 5.74) is 9.05. The van der Waals surface area contributed by atoms with Crippen molar-refractivity contribution in [2.75, 3.05) is 0 Å². The lowest BCUT2D eigenvalue weighted by molar-refractivity contribution is 0.256. The van der Waals surface area contributed by atoms with Crippen LogP contribution in [-0.4, -0.2) is 0 Å². The van der Waals surface area contributed by atoms with Gasteiger partial charge in [-0.25, -0.2) is 0 Å². The Bertz CT molecular complexity index is 538. The Morgan fingerprint density at radius 1 is 1.00 bits per heavy atom. The van der Waals surface area contributed by atoms with Crippen molar-refractivity contribution in [1.29, 1.82) is 0 Å². The van der Waals surface area contributed by atoms with Gasteiger partial charge in [-0.15, -0.1) is 0 Å². The Hall–Kier alpha value is -1.34. The molecule has 2 N–H and O–H groups in total. The van der Waals surface area contributed by atoms with E-state index < -0.39 is 0 Å². The molecule has 1 heteroatoms. The Morgan fingerprint density at radius 2 is 1.69 bits per heavy atom. The minimum Gasteiger partial charge on any atom is -0.321 e. The number of benzene rings is 2. The largest absolute Gasteiger partial charge is 0.321 e. The number of hydrogen-bond donors (Lipinski definition) is 1. The van der Waals surface area contributed by atoms with Gasteiger partial charge in [-0.2, -0.15) is 0 Å². The van der Waals surface area contributed by atoms with Gasteiger partial charge in [0.15, 0.2) is 0 Å². The highest BCUT2D eigenvalue weighted by Gasteiger charge is 2.35. The molecule has 16 heavy (non-hydrogen) atoms. The molecule has 3 rings (SSSR count). The summed E-state index contributed by atoms with van der Waals surface area (Å²) >= 11 is 0. The lowest BCUT2D eigenvalue weighted by Gasteiger charge is -2.39. The summed E-state index contributed by atoms with van der Waals surface area (Å²) < 4.78 is 0. The second kappa shape index (κ2) is 3.33. The monoisotopic (exact) mass is 211 g/mol. The first-order chi connectivity index (χ1) is 7.71. The second-order valence-corrected chi connectivity index (χ2v) is 4.99. The van der Waals surface area contributed by atoms with Gasteiger partial charge in [-0.3, -0.25) is 0 Å². The van der Waals surface area contributed by atoms with E-state index in [1.165, 1.54) is 28.3 Å². The number of nitrogens with two attached hydrogens (primary N) is 1. The van der Waals surface area contributed by atoms with Gasteiger partial charge in [-0.1, -0.05) is 36.4 Å². The Kier molecular flexibility index (Phi) is 2.05. The van der Waals surface area contributed by atoms with Crippen LogP contribution in [-0.2, 0) is 5.54 Å². The minimum absolute atomic E-state index is 0.0622. The SMILES string of the molecule is Cc1cccc2c(C3(N)CCC3)cccc12. The highest BCUT2D eigenvalue weighted by atomic mass is 14.8. The number of rotatable bonds is 1. The molecule has 1 nitrogen and oxygen atoms in total. The zero-order chi connectivity index (χ0) is 11.2. The highest BCUT2D eigenvalue weighted by Crippen LogP contribution is 2.41. The first-order valence-corrected chi connectivity index (χ1v) is 5.98. The fourth-order valence-corrected chi connectivity index (χ4v) is 2.73. The van der Waals surface area contributed by atoms with Crippen LogP contribution in [0.4, 0.5) is 0 Å². The third kappa shape index (κ3) is 1.28. The van der Waals surface area contributed by atoms with Gasteiger partial charge in [0.2, 0.25) is 0 Å². The molecule has 0 saturated heterocycles. The van der Waals surface area contributed by atoms with Crippen LogP contribution in [0.3, 0.4) is 0 Å². The molecule has 0 heterocycles. The van der Waals surface area contributed by atoms with Crippen molar-refractivity contribution in [2.45, 2.75) is 31.7 Å². The summed E-state index contributed by atoms with van der Waals surface area (Å²) in [6, 6.07) is 13.0. The van der Waals surface area contributed by atoms with Crippen molar-refractivity contribution in [3.05, 3.63) is 47.5 Å². The molecule has 0 atom stereocenters. The Morgan fingerprint density at radius 3 is 2.38 bits per heavy atom.